The Balaban J connectivity index is 2.80. The summed E-state index contributed by atoms with van der Waals surface area (Å²) in [7, 11) is -1.82. The van der Waals surface area contributed by atoms with Gasteiger partial charge < -0.3 is 9.53 Å². The second-order valence-corrected chi connectivity index (χ2v) is 12.3. The van der Waals surface area contributed by atoms with E-state index in [0.29, 0.717) is 6.42 Å². The van der Waals surface area contributed by atoms with Crippen molar-refractivity contribution in [3.8, 4) is 0 Å². The molecule has 2 atom stereocenters. The topological polar surface area (TPSA) is 29.5 Å². The molecule has 1 aromatic carbocycles. The molecule has 0 heterocycles. The molecule has 0 fully saturated rings. The smallest absolute Gasteiger partial charge is 0.192 e. The Morgan fingerprint density at radius 2 is 1.77 bits per heavy atom. The SMILES string of the molecule is C[C@H](/C=C/c1ccccc1)[C@H](CCO)O[Si](C)(C)C(C)(C)C. The van der Waals surface area contributed by atoms with Crippen molar-refractivity contribution in [1.82, 2.24) is 0 Å². The molecule has 1 rings (SSSR count). The molecule has 1 N–H and O–H groups in total. The zero-order chi connectivity index (χ0) is 16.8. The lowest BCUT2D eigenvalue weighted by Crippen LogP contribution is -2.45. The van der Waals surface area contributed by atoms with Crippen molar-refractivity contribution < 1.29 is 9.53 Å². The molecule has 0 spiro atoms. The number of hydrogen-bond donors (Lipinski definition) is 1. The summed E-state index contributed by atoms with van der Waals surface area (Å²) in [5, 5.41) is 9.57. The molecule has 0 aliphatic carbocycles. The monoisotopic (exact) mass is 320 g/mol. The summed E-state index contributed by atoms with van der Waals surface area (Å²) in [6.45, 7) is 13.6. The Kier molecular flexibility index (Phi) is 7.04. The van der Waals surface area contributed by atoms with Crippen LogP contribution >= 0.6 is 0 Å². The minimum atomic E-state index is -1.82. The van der Waals surface area contributed by atoms with Crippen LogP contribution in [0.15, 0.2) is 36.4 Å². The van der Waals surface area contributed by atoms with E-state index in [2.05, 4.69) is 65.1 Å². The zero-order valence-electron chi connectivity index (χ0n) is 15.0. The minimum Gasteiger partial charge on any atom is -0.413 e. The maximum absolute atomic E-state index is 9.38. The highest BCUT2D eigenvalue weighted by atomic mass is 28.4. The molecule has 0 amide bonds. The van der Waals surface area contributed by atoms with Gasteiger partial charge in [0.15, 0.2) is 8.32 Å². The van der Waals surface area contributed by atoms with E-state index in [-0.39, 0.29) is 23.7 Å². The van der Waals surface area contributed by atoms with Crippen LogP contribution in [0.3, 0.4) is 0 Å². The van der Waals surface area contributed by atoms with Crippen LogP contribution in [0.4, 0.5) is 0 Å². The molecule has 22 heavy (non-hydrogen) atoms. The fourth-order valence-electron chi connectivity index (χ4n) is 2.06. The molecule has 124 valence electrons. The first-order valence-electron chi connectivity index (χ1n) is 8.19. The molecule has 0 unspecified atom stereocenters. The number of aliphatic hydroxyl groups excluding tert-OH is 1. The van der Waals surface area contributed by atoms with Crippen molar-refractivity contribution in [2.75, 3.05) is 6.61 Å². The van der Waals surface area contributed by atoms with E-state index in [4.69, 9.17) is 4.43 Å². The van der Waals surface area contributed by atoms with Gasteiger partial charge in [0, 0.05) is 6.61 Å². The van der Waals surface area contributed by atoms with Crippen LogP contribution in [-0.2, 0) is 4.43 Å². The van der Waals surface area contributed by atoms with Gasteiger partial charge in [0.1, 0.15) is 0 Å². The molecule has 3 heteroatoms. The second kappa shape index (κ2) is 8.09. The van der Waals surface area contributed by atoms with E-state index in [9.17, 15) is 5.11 Å². The quantitative estimate of drug-likeness (QED) is 0.707. The van der Waals surface area contributed by atoms with Gasteiger partial charge in [-0.1, -0.05) is 70.2 Å². The number of hydrogen-bond acceptors (Lipinski definition) is 2. The Morgan fingerprint density at radius 3 is 2.27 bits per heavy atom. The van der Waals surface area contributed by atoms with Crippen molar-refractivity contribution in [2.24, 2.45) is 5.92 Å². The molecule has 0 radical (unpaired) electrons. The third kappa shape index (κ3) is 5.71. The number of aliphatic hydroxyl groups is 1. The molecule has 0 aromatic heterocycles. The van der Waals surface area contributed by atoms with Gasteiger partial charge in [0.2, 0.25) is 0 Å². The van der Waals surface area contributed by atoms with Gasteiger partial charge in [0.25, 0.3) is 0 Å². The van der Waals surface area contributed by atoms with E-state index in [1.54, 1.807) is 0 Å². The molecule has 2 nitrogen and oxygen atoms in total. The van der Waals surface area contributed by atoms with E-state index < -0.39 is 8.32 Å². The average molecular weight is 321 g/mol. The van der Waals surface area contributed by atoms with Gasteiger partial charge in [-0.25, -0.2) is 0 Å². The van der Waals surface area contributed by atoms with Crippen LogP contribution < -0.4 is 0 Å². The van der Waals surface area contributed by atoms with Crippen molar-refractivity contribution >= 4 is 14.4 Å². The van der Waals surface area contributed by atoms with Gasteiger partial charge in [-0.2, -0.15) is 0 Å². The van der Waals surface area contributed by atoms with Crippen molar-refractivity contribution in [3.63, 3.8) is 0 Å². The predicted molar refractivity (Wildman–Crippen MR) is 98.4 cm³/mol. The fraction of sp³-hybridized carbons (Fsp3) is 0.579. The van der Waals surface area contributed by atoms with Crippen molar-refractivity contribution in [2.45, 2.75) is 58.4 Å². The van der Waals surface area contributed by atoms with Gasteiger partial charge >= 0.3 is 0 Å². The lowest BCUT2D eigenvalue weighted by atomic mass is 10.0. The van der Waals surface area contributed by atoms with Crippen LogP contribution in [0.5, 0.6) is 0 Å². The van der Waals surface area contributed by atoms with Gasteiger partial charge in [-0.05, 0) is 36.0 Å². The molecule has 0 saturated heterocycles. The fourth-order valence-corrected chi connectivity index (χ4v) is 3.51. The molecule has 0 bridgehead atoms. The summed E-state index contributed by atoms with van der Waals surface area (Å²) < 4.78 is 6.52. The van der Waals surface area contributed by atoms with Crippen molar-refractivity contribution in [3.05, 3.63) is 42.0 Å². The molecular formula is C19H32O2Si. The summed E-state index contributed by atoms with van der Waals surface area (Å²) >= 11 is 0. The third-order valence-corrected chi connectivity index (χ3v) is 9.15. The van der Waals surface area contributed by atoms with Crippen LogP contribution in [0.25, 0.3) is 6.08 Å². The summed E-state index contributed by atoms with van der Waals surface area (Å²) in [6, 6.07) is 10.3. The van der Waals surface area contributed by atoms with Gasteiger partial charge in [0.05, 0.1) is 6.10 Å². The summed E-state index contributed by atoms with van der Waals surface area (Å²) in [5.41, 5.74) is 1.20. The summed E-state index contributed by atoms with van der Waals surface area (Å²) in [6.07, 6.45) is 5.10. The van der Waals surface area contributed by atoms with E-state index in [0.717, 1.165) is 0 Å². The average Bonchev–Trinajstić information content (AvgIpc) is 2.44. The third-order valence-electron chi connectivity index (χ3n) is 4.64. The van der Waals surface area contributed by atoms with Crippen molar-refractivity contribution in [1.29, 1.82) is 0 Å². The van der Waals surface area contributed by atoms with Crippen LogP contribution in [-0.4, -0.2) is 26.1 Å². The number of rotatable bonds is 7. The van der Waals surface area contributed by atoms with Crippen LogP contribution in [0.1, 0.15) is 39.7 Å². The first-order chi connectivity index (χ1) is 10.2. The molecule has 0 saturated carbocycles. The first kappa shape index (κ1) is 19.1. The Bertz CT molecular complexity index is 460. The lowest BCUT2D eigenvalue weighted by Gasteiger charge is -2.40. The molecule has 1 aromatic rings. The van der Waals surface area contributed by atoms with Crippen LogP contribution in [0.2, 0.25) is 18.1 Å². The highest BCUT2D eigenvalue weighted by Gasteiger charge is 2.39. The molecule has 0 aliphatic heterocycles. The summed E-state index contributed by atoms with van der Waals surface area (Å²) in [4.78, 5) is 0. The zero-order valence-corrected chi connectivity index (χ0v) is 16.0. The van der Waals surface area contributed by atoms with E-state index >= 15 is 0 Å². The van der Waals surface area contributed by atoms with Crippen LogP contribution in [0, 0.1) is 5.92 Å². The molecular weight excluding hydrogens is 288 g/mol. The van der Waals surface area contributed by atoms with Gasteiger partial charge in [-0.3, -0.25) is 0 Å². The molecule has 0 aliphatic rings. The predicted octanol–water partition coefficient (Wildman–Crippen LogP) is 5.11. The highest BCUT2D eigenvalue weighted by molar-refractivity contribution is 6.74. The Morgan fingerprint density at radius 1 is 1.18 bits per heavy atom. The summed E-state index contributed by atoms with van der Waals surface area (Å²) in [5.74, 6) is 0.279. The lowest BCUT2D eigenvalue weighted by molar-refractivity contribution is 0.111. The normalized spacial score (nSPS) is 16.0. The Labute approximate surface area is 137 Å². The van der Waals surface area contributed by atoms with Gasteiger partial charge in [-0.15, -0.1) is 0 Å². The first-order valence-corrected chi connectivity index (χ1v) is 11.1. The maximum Gasteiger partial charge on any atom is 0.192 e. The second-order valence-electron chi connectivity index (χ2n) is 7.56. The largest absolute Gasteiger partial charge is 0.413 e. The van der Waals surface area contributed by atoms with E-state index in [1.165, 1.54) is 5.56 Å². The highest BCUT2D eigenvalue weighted by Crippen LogP contribution is 2.38. The number of benzene rings is 1. The maximum atomic E-state index is 9.38. The Hall–Kier alpha value is -0.903. The standard InChI is InChI=1S/C19H32O2Si/c1-16(12-13-17-10-8-7-9-11-17)18(14-15-20)21-22(5,6)19(2,3)4/h7-13,16,18,20H,14-15H2,1-6H3/b13-12+/t16-,18+/m1/s1. The minimum absolute atomic E-state index is 0.0749. The van der Waals surface area contributed by atoms with E-state index in [1.807, 2.05) is 18.2 Å².